The molecule has 1 aliphatic heterocycles. The lowest BCUT2D eigenvalue weighted by Gasteiger charge is -2.37. The van der Waals surface area contributed by atoms with Gasteiger partial charge in [0.25, 0.3) is 0 Å². The first-order chi connectivity index (χ1) is 13.1. The van der Waals surface area contributed by atoms with E-state index in [0.29, 0.717) is 11.4 Å². The van der Waals surface area contributed by atoms with Crippen LogP contribution in [0.1, 0.15) is 12.5 Å². The van der Waals surface area contributed by atoms with Gasteiger partial charge in [-0.2, -0.15) is 0 Å². The van der Waals surface area contributed by atoms with Crippen LogP contribution < -0.4 is 10.1 Å². The van der Waals surface area contributed by atoms with Crippen molar-refractivity contribution in [1.82, 2.24) is 9.80 Å². The summed E-state index contributed by atoms with van der Waals surface area (Å²) in [5.74, 6) is 0.663. The number of nitrogens with one attached hydrogen (secondary N) is 1. The first-order valence-electron chi connectivity index (χ1n) is 9.21. The third-order valence-corrected chi connectivity index (χ3v) is 5.27. The largest absolute Gasteiger partial charge is 0.495 e. The van der Waals surface area contributed by atoms with Gasteiger partial charge in [-0.1, -0.05) is 35.9 Å². The lowest BCUT2D eigenvalue weighted by molar-refractivity contribution is -0.121. The molecule has 1 fully saturated rings. The third kappa shape index (κ3) is 5.22. The Hall–Kier alpha value is -2.08. The van der Waals surface area contributed by atoms with Crippen molar-refractivity contribution < 1.29 is 9.53 Å². The topological polar surface area (TPSA) is 44.8 Å². The Bertz CT molecular complexity index is 758. The van der Waals surface area contributed by atoms with Crippen LogP contribution >= 0.6 is 11.6 Å². The number of rotatable bonds is 6. The Morgan fingerprint density at radius 2 is 1.78 bits per heavy atom. The van der Waals surface area contributed by atoms with E-state index in [0.717, 1.165) is 37.7 Å². The van der Waals surface area contributed by atoms with Crippen molar-refractivity contribution in [2.45, 2.75) is 19.5 Å². The van der Waals surface area contributed by atoms with E-state index in [-0.39, 0.29) is 11.9 Å². The van der Waals surface area contributed by atoms with E-state index in [2.05, 4.69) is 27.2 Å². The molecule has 6 heteroatoms. The first-order valence-corrected chi connectivity index (χ1v) is 9.59. The quantitative estimate of drug-likeness (QED) is 0.824. The highest BCUT2D eigenvalue weighted by Crippen LogP contribution is 2.23. The van der Waals surface area contributed by atoms with Gasteiger partial charge in [0.15, 0.2) is 0 Å². The molecule has 0 radical (unpaired) electrons. The second-order valence-electron chi connectivity index (χ2n) is 6.80. The van der Waals surface area contributed by atoms with E-state index in [1.54, 1.807) is 7.11 Å². The number of hydrogen-bond donors (Lipinski definition) is 1. The van der Waals surface area contributed by atoms with Gasteiger partial charge in [0, 0.05) is 37.7 Å². The minimum atomic E-state index is -0.187. The number of halogens is 1. The molecule has 1 heterocycles. The lowest BCUT2D eigenvalue weighted by atomic mass is 10.1. The number of carbonyl (C=O) groups excluding carboxylic acids is 1. The summed E-state index contributed by atoms with van der Waals surface area (Å²) in [5.41, 5.74) is 1.97. The molecular formula is C21H26ClN3O2. The van der Waals surface area contributed by atoms with Gasteiger partial charge in [0.2, 0.25) is 5.91 Å². The molecule has 0 saturated carbocycles. The van der Waals surface area contributed by atoms with E-state index in [4.69, 9.17) is 16.3 Å². The molecule has 1 N–H and O–H groups in total. The number of ether oxygens (including phenoxy) is 1. The maximum absolute atomic E-state index is 12.6. The van der Waals surface area contributed by atoms with Crippen molar-refractivity contribution in [3.05, 3.63) is 59.1 Å². The molecule has 1 saturated heterocycles. The van der Waals surface area contributed by atoms with Gasteiger partial charge in [-0.25, -0.2) is 0 Å². The summed E-state index contributed by atoms with van der Waals surface area (Å²) in [6.45, 7) is 6.48. The maximum Gasteiger partial charge on any atom is 0.241 e. The van der Waals surface area contributed by atoms with Gasteiger partial charge in [-0.3, -0.25) is 14.6 Å². The summed E-state index contributed by atoms with van der Waals surface area (Å²) < 4.78 is 5.31. The highest BCUT2D eigenvalue weighted by molar-refractivity contribution is 6.30. The van der Waals surface area contributed by atoms with Crippen molar-refractivity contribution in [3.8, 4) is 5.75 Å². The maximum atomic E-state index is 12.6. The van der Waals surface area contributed by atoms with E-state index >= 15 is 0 Å². The number of carbonyl (C=O) groups is 1. The van der Waals surface area contributed by atoms with Crippen LogP contribution in [0.25, 0.3) is 0 Å². The second-order valence-corrected chi connectivity index (χ2v) is 7.24. The number of nitrogens with zero attached hydrogens (tertiary/aromatic N) is 2. The van der Waals surface area contributed by atoms with Crippen LogP contribution in [0.5, 0.6) is 5.75 Å². The minimum absolute atomic E-state index is 0.00866. The van der Waals surface area contributed by atoms with E-state index in [1.165, 1.54) is 5.56 Å². The standard InChI is InChI=1S/C21H26ClN3O2/c1-16(21(26)23-19-5-3-4-6-20(19)27-2)25-13-11-24(12-14-25)15-17-7-9-18(22)10-8-17/h3-10,16H,11-15H2,1-2H3,(H,23,26)/t16-/m0/s1. The van der Waals surface area contributed by atoms with Crippen molar-refractivity contribution in [3.63, 3.8) is 0 Å². The van der Waals surface area contributed by atoms with Crippen molar-refractivity contribution in [2.75, 3.05) is 38.6 Å². The van der Waals surface area contributed by atoms with E-state index in [1.807, 2.05) is 43.3 Å². The number of para-hydroxylation sites is 2. The van der Waals surface area contributed by atoms with Crippen LogP contribution in [0.4, 0.5) is 5.69 Å². The molecule has 0 unspecified atom stereocenters. The number of hydrogen-bond acceptors (Lipinski definition) is 4. The Morgan fingerprint density at radius 3 is 2.44 bits per heavy atom. The van der Waals surface area contributed by atoms with Crippen molar-refractivity contribution in [2.24, 2.45) is 0 Å². The molecule has 1 amide bonds. The molecule has 0 aromatic heterocycles. The molecule has 5 nitrogen and oxygen atoms in total. The molecule has 144 valence electrons. The molecule has 1 atom stereocenters. The van der Waals surface area contributed by atoms with Gasteiger partial charge in [-0.15, -0.1) is 0 Å². The summed E-state index contributed by atoms with van der Waals surface area (Å²) >= 11 is 5.95. The lowest BCUT2D eigenvalue weighted by Crippen LogP contribution is -2.52. The van der Waals surface area contributed by atoms with Gasteiger partial charge in [0.05, 0.1) is 18.8 Å². The zero-order chi connectivity index (χ0) is 19.2. The first kappa shape index (κ1) is 19.7. The molecule has 0 bridgehead atoms. The predicted octanol–water partition coefficient (Wildman–Crippen LogP) is 3.49. The second kappa shape index (κ2) is 9.22. The minimum Gasteiger partial charge on any atom is -0.495 e. The fourth-order valence-corrected chi connectivity index (χ4v) is 3.43. The summed E-state index contributed by atoms with van der Waals surface area (Å²) in [5, 5.41) is 3.75. The van der Waals surface area contributed by atoms with Gasteiger partial charge >= 0.3 is 0 Å². The van der Waals surface area contributed by atoms with Crippen LogP contribution in [0.2, 0.25) is 5.02 Å². The number of amides is 1. The molecular weight excluding hydrogens is 362 g/mol. The number of benzene rings is 2. The van der Waals surface area contributed by atoms with Crippen LogP contribution in [-0.2, 0) is 11.3 Å². The fraction of sp³-hybridized carbons (Fsp3) is 0.381. The number of piperazine rings is 1. The monoisotopic (exact) mass is 387 g/mol. The summed E-state index contributed by atoms with van der Waals surface area (Å²) in [7, 11) is 1.61. The average Bonchev–Trinajstić information content (AvgIpc) is 2.70. The average molecular weight is 388 g/mol. The van der Waals surface area contributed by atoms with Gasteiger partial charge in [0.1, 0.15) is 5.75 Å². The van der Waals surface area contributed by atoms with Crippen molar-refractivity contribution in [1.29, 1.82) is 0 Å². The van der Waals surface area contributed by atoms with Crippen LogP contribution in [0.15, 0.2) is 48.5 Å². The zero-order valence-corrected chi connectivity index (χ0v) is 16.6. The Kier molecular flexibility index (Phi) is 6.72. The molecule has 2 aromatic carbocycles. The highest BCUT2D eigenvalue weighted by atomic mass is 35.5. The normalized spacial score (nSPS) is 16.7. The molecule has 27 heavy (non-hydrogen) atoms. The predicted molar refractivity (Wildman–Crippen MR) is 109 cm³/mol. The highest BCUT2D eigenvalue weighted by Gasteiger charge is 2.26. The summed E-state index contributed by atoms with van der Waals surface area (Å²) in [6, 6.07) is 15.3. The Labute approximate surface area is 165 Å². The van der Waals surface area contributed by atoms with Crippen LogP contribution in [0.3, 0.4) is 0 Å². The fourth-order valence-electron chi connectivity index (χ4n) is 3.31. The van der Waals surface area contributed by atoms with E-state index in [9.17, 15) is 4.79 Å². The molecule has 1 aliphatic rings. The number of methoxy groups -OCH3 is 1. The third-order valence-electron chi connectivity index (χ3n) is 5.02. The number of anilines is 1. The molecule has 3 rings (SSSR count). The molecule has 2 aromatic rings. The summed E-state index contributed by atoms with van der Waals surface area (Å²) in [4.78, 5) is 17.3. The SMILES string of the molecule is COc1ccccc1NC(=O)[C@H](C)N1CCN(Cc2ccc(Cl)cc2)CC1. The van der Waals surface area contributed by atoms with Gasteiger partial charge < -0.3 is 10.1 Å². The molecule has 0 spiro atoms. The van der Waals surface area contributed by atoms with Crippen molar-refractivity contribution >= 4 is 23.2 Å². The summed E-state index contributed by atoms with van der Waals surface area (Å²) in [6.07, 6.45) is 0. The van der Waals surface area contributed by atoms with Crippen LogP contribution in [-0.4, -0.2) is 55.0 Å². The Morgan fingerprint density at radius 1 is 1.11 bits per heavy atom. The molecule has 0 aliphatic carbocycles. The van der Waals surface area contributed by atoms with Crippen LogP contribution in [0, 0.1) is 0 Å². The Balaban J connectivity index is 1.51. The smallest absolute Gasteiger partial charge is 0.241 e. The van der Waals surface area contributed by atoms with Gasteiger partial charge in [-0.05, 0) is 36.8 Å². The van der Waals surface area contributed by atoms with E-state index < -0.39 is 0 Å². The zero-order valence-electron chi connectivity index (χ0n) is 15.8.